The molecule has 0 fully saturated rings. The number of esters is 2. The van der Waals surface area contributed by atoms with Gasteiger partial charge in [-0.1, -0.05) is 148 Å². The quantitative estimate of drug-likeness (QED) is 0.0151. The first kappa shape index (κ1) is 56.8. The van der Waals surface area contributed by atoms with Gasteiger partial charge in [-0.2, -0.15) is 0 Å². The van der Waals surface area contributed by atoms with E-state index in [2.05, 4.69) is 97.4 Å². The molecule has 0 saturated heterocycles. The van der Waals surface area contributed by atoms with E-state index in [1.807, 2.05) is 30.4 Å². The highest BCUT2D eigenvalue weighted by molar-refractivity contribution is 7.47. The number of aliphatic hydroxyl groups excluding tert-OH is 1. The van der Waals surface area contributed by atoms with Gasteiger partial charge in [0.2, 0.25) is 0 Å². The van der Waals surface area contributed by atoms with Crippen molar-refractivity contribution < 1.29 is 52.6 Å². The molecule has 0 aromatic rings. The third-order valence-electron chi connectivity index (χ3n) is 8.31. The highest BCUT2D eigenvalue weighted by Crippen LogP contribution is 2.43. The minimum Gasteiger partial charge on any atom is -0.480 e. The highest BCUT2D eigenvalue weighted by Gasteiger charge is 2.28. The molecule has 5 N–H and O–H groups in total. The number of carbonyl (C=O) groups excluding carboxylic acids is 2. The van der Waals surface area contributed by atoms with Gasteiger partial charge < -0.3 is 30.3 Å². The van der Waals surface area contributed by atoms with Crippen LogP contribution in [0.5, 0.6) is 0 Å². The van der Waals surface area contributed by atoms with Crippen LogP contribution in [-0.4, -0.2) is 71.1 Å². The van der Waals surface area contributed by atoms with Crippen molar-refractivity contribution in [3.8, 4) is 0 Å². The molecule has 0 aliphatic rings. The predicted molar refractivity (Wildman–Crippen MR) is 245 cm³/mol. The van der Waals surface area contributed by atoms with Crippen LogP contribution >= 0.6 is 7.82 Å². The standard InChI is InChI=1S/C48H74NO11P/c1-3-5-7-9-11-13-15-17-18-19-20-21-22-24-26-28-30-32-34-38-46(51)57-40-44(41-58-61(55,56)59-42-45(49)48(53)54)60-47(52)39-35-37-43(50)36-33-31-29-27-25-23-16-14-12-10-8-6-4-2/h5,7,11-14,17-18,20-21,23-26,29-33,36,43-45,50H,3-4,6,8-10,15-16,19,22,27-28,34-35,37-42,49H2,1-2H3,(H,53,54)(H,55,56)/b7-5-,13-11-,14-12-,18-17-,21-20-,25-23-,26-24-,31-29-,32-30-,36-33+/t43-,44+,45-/m0/s1. The number of phosphoric ester groups is 1. The number of nitrogens with two attached hydrogens (primary N) is 1. The van der Waals surface area contributed by atoms with E-state index in [-0.39, 0.29) is 25.7 Å². The molecule has 12 nitrogen and oxygen atoms in total. The maximum Gasteiger partial charge on any atom is 0.472 e. The molecule has 1 unspecified atom stereocenters. The molecule has 0 saturated carbocycles. The third kappa shape index (κ3) is 41.0. The van der Waals surface area contributed by atoms with Crippen molar-refractivity contribution in [2.45, 2.75) is 141 Å². The average molecular weight is 872 g/mol. The fraction of sp³-hybridized carbons (Fsp3) is 0.521. The molecule has 342 valence electrons. The van der Waals surface area contributed by atoms with Crippen molar-refractivity contribution in [3.63, 3.8) is 0 Å². The molecule has 13 heteroatoms. The average Bonchev–Trinajstić information content (AvgIpc) is 3.23. The number of allylic oxidation sites excluding steroid dienone is 19. The second-order valence-electron chi connectivity index (χ2n) is 13.9. The van der Waals surface area contributed by atoms with E-state index in [9.17, 15) is 28.9 Å². The summed E-state index contributed by atoms with van der Waals surface area (Å²) in [6, 6.07) is -1.57. The van der Waals surface area contributed by atoms with Gasteiger partial charge in [0.1, 0.15) is 12.6 Å². The Bertz CT molecular complexity index is 1510. The number of aliphatic hydroxyl groups is 1. The summed E-state index contributed by atoms with van der Waals surface area (Å²) in [4.78, 5) is 46.0. The van der Waals surface area contributed by atoms with E-state index in [1.165, 1.54) is 19.3 Å². The monoisotopic (exact) mass is 871 g/mol. The molecule has 0 spiro atoms. The molecule has 0 amide bonds. The van der Waals surface area contributed by atoms with Gasteiger partial charge in [-0.05, 0) is 83.5 Å². The van der Waals surface area contributed by atoms with Gasteiger partial charge in [0.05, 0.1) is 19.3 Å². The molecule has 4 atom stereocenters. The molecular weight excluding hydrogens is 797 g/mol. The lowest BCUT2D eigenvalue weighted by Gasteiger charge is -2.20. The van der Waals surface area contributed by atoms with Gasteiger partial charge in [0.25, 0.3) is 0 Å². The van der Waals surface area contributed by atoms with E-state index < -0.39 is 63.8 Å². The van der Waals surface area contributed by atoms with Crippen LogP contribution in [-0.2, 0) is 37.5 Å². The summed E-state index contributed by atoms with van der Waals surface area (Å²) in [6.07, 6.45) is 51.7. The van der Waals surface area contributed by atoms with E-state index in [0.29, 0.717) is 12.8 Å². The first-order chi connectivity index (χ1) is 29.5. The highest BCUT2D eigenvalue weighted by atomic mass is 31.2. The van der Waals surface area contributed by atoms with Gasteiger partial charge in [-0.15, -0.1) is 0 Å². The fourth-order valence-corrected chi connectivity index (χ4v) is 5.68. The molecule has 0 aliphatic heterocycles. The Morgan fingerprint density at radius 2 is 1.11 bits per heavy atom. The van der Waals surface area contributed by atoms with Crippen LogP contribution in [0.3, 0.4) is 0 Å². The Labute approximate surface area is 365 Å². The van der Waals surface area contributed by atoms with E-state index >= 15 is 0 Å². The molecule has 0 heterocycles. The van der Waals surface area contributed by atoms with Gasteiger partial charge in [0.15, 0.2) is 6.10 Å². The summed E-state index contributed by atoms with van der Waals surface area (Å²) in [5.74, 6) is -2.73. The number of rotatable bonds is 38. The van der Waals surface area contributed by atoms with Crippen LogP contribution in [0.15, 0.2) is 122 Å². The number of carboxylic acids is 1. The van der Waals surface area contributed by atoms with Crippen molar-refractivity contribution in [2.75, 3.05) is 19.8 Å². The van der Waals surface area contributed by atoms with Gasteiger partial charge in [-0.3, -0.25) is 23.4 Å². The van der Waals surface area contributed by atoms with Crippen LogP contribution in [0.2, 0.25) is 0 Å². The maximum atomic E-state index is 12.6. The van der Waals surface area contributed by atoms with E-state index in [0.717, 1.165) is 51.4 Å². The second kappa shape index (κ2) is 41.2. The number of hydrogen-bond acceptors (Lipinski definition) is 10. The molecule has 0 aromatic carbocycles. The van der Waals surface area contributed by atoms with Crippen molar-refractivity contribution in [2.24, 2.45) is 5.73 Å². The number of phosphoric acid groups is 1. The van der Waals surface area contributed by atoms with Gasteiger partial charge >= 0.3 is 25.7 Å². The lowest BCUT2D eigenvalue weighted by atomic mass is 10.1. The van der Waals surface area contributed by atoms with Crippen molar-refractivity contribution in [1.82, 2.24) is 0 Å². The molecule has 0 aliphatic carbocycles. The Morgan fingerprint density at radius 3 is 1.66 bits per heavy atom. The van der Waals surface area contributed by atoms with Crippen LogP contribution < -0.4 is 5.73 Å². The molecule has 61 heavy (non-hydrogen) atoms. The predicted octanol–water partition coefficient (Wildman–Crippen LogP) is 10.6. The summed E-state index contributed by atoms with van der Waals surface area (Å²) in [5.41, 5.74) is 5.31. The van der Waals surface area contributed by atoms with Gasteiger partial charge in [-0.25, -0.2) is 4.57 Å². The number of ether oxygens (including phenoxy) is 2. The van der Waals surface area contributed by atoms with Crippen LogP contribution in [0.4, 0.5) is 0 Å². The minimum absolute atomic E-state index is 0.0481. The summed E-state index contributed by atoms with van der Waals surface area (Å²) in [7, 11) is -4.80. The Kier molecular flexibility index (Phi) is 38.4. The van der Waals surface area contributed by atoms with Gasteiger partial charge in [0, 0.05) is 12.8 Å². The fourth-order valence-electron chi connectivity index (χ4n) is 4.90. The van der Waals surface area contributed by atoms with Crippen LogP contribution in [0.1, 0.15) is 123 Å². The summed E-state index contributed by atoms with van der Waals surface area (Å²) in [6.45, 7) is 2.36. The molecule has 0 aromatic heterocycles. The second-order valence-corrected chi connectivity index (χ2v) is 15.4. The first-order valence-electron chi connectivity index (χ1n) is 21.7. The Morgan fingerprint density at radius 1 is 0.607 bits per heavy atom. The molecule has 0 radical (unpaired) electrons. The molecular formula is C48H74NO11P. The largest absolute Gasteiger partial charge is 0.480 e. The van der Waals surface area contributed by atoms with Crippen molar-refractivity contribution in [1.29, 1.82) is 0 Å². The number of unbranched alkanes of at least 4 members (excludes halogenated alkanes) is 3. The zero-order valence-corrected chi connectivity index (χ0v) is 37.4. The Hall–Kier alpha value is -4.16. The summed E-state index contributed by atoms with van der Waals surface area (Å²) < 4.78 is 32.4. The molecule has 0 bridgehead atoms. The lowest BCUT2D eigenvalue weighted by molar-refractivity contribution is -0.161. The number of carbonyl (C=O) groups is 3. The van der Waals surface area contributed by atoms with Crippen LogP contribution in [0, 0.1) is 0 Å². The summed E-state index contributed by atoms with van der Waals surface area (Å²) >= 11 is 0. The maximum absolute atomic E-state index is 12.6. The minimum atomic E-state index is -4.80. The van der Waals surface area contributed by atoms with E-state index in [4.69, 9.17) is 24.8 Å². The van der Waals surface area contributed by atoms with Crippen molar-refractivity contribution >= 4 is 25.7 Å². The first-order valence-corrected chi connectivity index (χ1v) is 23.2. The lowest BCUT2D eigenvalue weighted by Crippen LogP contribution is -2.34. The Balaban J connectivity index is 4.71. The zero-order valence-electron chi connectivity index (χ0n) is 36.6. The normalized spacial score (nSPS) is 15.4. The topological polar surface area (TPSA) is 192 Å². The van der Waals surface area contributed by atoms with E-state index in [1.54, 1.807) is 12.2 Å². The van der Waals surface area contributed by atoms with Crippen LogP contribution in [0.25, 0.3) is 0 Å². The number of carboxylic acid groups (broad SMARTS) is 1. The summed E-state index contributed by atoms with van der Waals surface area (Å²) in [5, 5.41) is 19.2. The number of aliphatic carboxylic acids is 1. The smallest absolute Gasteiger partial charge is 0.472 e. The third-order valence-corrected chi connectivity index (χ3v) is 9.26. The zero-order chi connectivity index (χ0) is 45.1. The molecule has 0 rings (SSSR count). The number of hydrogen-bond donors (Lipinski definition) is 4. The van der Waals surface area contributed by atoms with Crippen molar-refractivity contribution in [3.05, 3.63) is 122 Å². The SMILES string of the molecule is CC/C=C\C/C=C\C/C=C\C/C=C\C/C=C\C/C=C\CCC(=O)OC[C@H](COP(=O)(O)OC[C@H](N)C(=O)O)OC(=O)CCC[C@@H](O)/C=C/C=C\C/C=C\C/C=C\CCCCC.